The lowest BCUT2D eigenvalue weighted by Gasteiger charge is -2.25. The van der Waals surface area contributed by atoms with Crippen molar-refractivity contribution >= 4 is 5.97 Å². The molecule has 1 fully saturated rings. The highest BCUT2D eigenvalue weighted by molar-refractivity contribution is 5.69. The molecule has 0 bridgehead atoms. The molecular formula is C30H34O6. The van der Waals surface area contributed by atoms with Crippen LogP contribution in [0, 0.1) is 0 Å². The minimum Gasteiger partial charge on any atom is -0.469 e. The molecule has 3 aromatic carbocycles. The van der Waals surface area contributed by atoms with Crippen LogP contribution in [0.1, 0.15) is 29.5 Å². The van der Waals surface area contributed by atoms with Gasteiger partial charge in [-0.05, 0) is 23.1 Å². The Labute approximate surface area is 213 Å². The van der Waals surface area contributed by atoms with E-state index in [9.17, 15) is 4.79 Å². The maximum Gasteiger partial charge on any atom is 0.305 e. The Kier molecular flexibility index (Phi) is 10.1. The van der Waals surface area contributed by atoms with E-state index in [4.69, 9.17) is 23.7 Å². The molecule has 190 valence electrons. The summed E-state index contributed by atoms with van der Waals surface area (Å²) in [6.45, 7) is 1.69. The van der Waals surface area contributed by atoms with Crippen molar-refractivity contribution in [1.82, 2.24) is 0 Å². The van der Waals surface area contributed by atoms with Crippen LogP contribution >= 0.6 is 0 Å². The fourth-order valence-electron chi connectivity index (χ4n) is 4.34. The van der Waals surface area contributed by atoms with E-state index >= 15 is 0 Å². The molecule has 0 unspecified atom stereocenters. The quantitative estimate of drug-likeness (QED) is 0.311. The summed E-state index contributed by atoms with van der Waals surface area (Å²) in [5.74, 6) is -0.272. The fourth-order valence-corrected chi connectivity index (χ4v) is 4.34. The molecular weight excluding hydrogens is 456 g/mol. The molecule has 3 aromatic rings. The Morgan fingerprint density at radius 1 is 0.694 bits per heavy atom. The SMILES string of the molecule is COC(=O)CC[C@H]1O[C@H](COCc2ccccc2)[C@@H](OCc2ccccc2)[C@H]1OCc1ccccc1. The summed E-state index contributed by atoms with van der Waals surface area (Å²) in [7, 11) is 1.40. The van der Waals surface area contributed by atoms with Crippen LogP contribution in [0.5, 0.6) is 0 Å². The van der Waals surface area contributed by atoms with Crippen LogP contribution in [0.3, 0.4) is 0 Å². The molecule has 0 radical (unpaired) electrons. The highest BCUT2D eigenvalue weighted by Gasteiger charge is 2.46. The van der Waals surface area contributed by atoms with E-state index in [0.717, 1.165) is 16.7 Å². The highest BCUT2D eigenvalue weighted by Crippen LogP contribution is 2.31. The number of methoxy groups -OCH3 is 1. The largest absolute Gasteiger partial charge is 0.469 e. The van der Waals surface area contributed by atoms with Gasteiger partial charge in [0.1, 0.15) is 18.3 Å². The third kappa shape index (κ3) is 7.73. The maximum atomic E-state index is 11.9. The lowest BCUT2D eigenvalue weighted by molar-refractivity contribution is -0.142. The smallest absolute Gasteiger partial charge is 0.305 e. The first kappa shape index (κ1) is 26.0. The van der Waals surface area contributed by atoms with Gasteiger partial charge in [-0.25, -0.2) is 0 Å². The predicted octanol–water partition coefficient (Wildman–Crippen LogP) is 5.09. The van der Waals surface area contributed by atoms with E-state index in [2.05, 4.69) is 0 Å². The van der Waals surface area contributed by atoms with Crippen LogP contribution in [0.15, 0.2) is 91.0 Å². The van der Waals surface area contributed by atoms with E-state index in [1.54, 1.807) is 0 Å². The summed E-state index contributed by atoms with van der Waals surface area (Å²) in [5.41, 5.74) is 3.23. The predicted molar refractivity (Wildman–Crippen MR) is 136 cm³/mol. The number of benzene rings is 3. The van der Waals surface area contributed by atoms with Crippen LogP contribution in [0.2, 0.25) is 0 Å². The molecule has 0 spiro atoms. The molecule has 0 N–H and O–H groups in total. The third-order valence-corrected chi connectivity index (χ3v) is 6.23. The normalized spacial score (nSPS) is 21.4. The summed E-state index contributed by atoms with van der Waals surface area (Å²) in [4.78, 5) is 11.9. The number of ether oxygens (including phenoxy) is 5. The Morgan fingerprint density at radius 3 is 1.67 bits per heavy atom. The molecule has 1 aliphatic heterocycles. The average molecular weight is 491 g/mol. The second-order valence-corrected chi connectivity index (χ2v) is 8.85. The minimum atomic E-state index is -0.358. The van der Waals surface area contributed by atoms with Gasteiger partial charge in [0.15, 0.2) is 0 Å². The van der Waals surface area contributed by atoms with Crippen molar-refractivity contribution in [3.63, 3.8) is 0 Å². The van der Waals surface area contributed by atoms with Crippen LogP contribution in [-0.4, -0.2) is 44.1 Å². The second kappa shape index (κ2) is 13.9. The van der Waals surface area contributed by atoms with Gasteiger partial charge in [0.05, 0.1) is 39.6 Å². The molecule has 0 aliphatic carbocycles. The fraction of sp³-hybridized carbons (Fsp3) is 0.367. The van der Waals surface area contributed by atoms with Crippen molar-refractivity contribution in [3.8, 4) is 0 Å². The molecule has 1 aliphatic rings. The van der Waals surface area contributed by atoms with Gasteiger partial charge in [0, 0.05) is 6.42 Å². The van der Waals surface area contributed by atoms with Gasteiger partial charge < -0.3 is 23.7 Å². The van der Waals surface area contributed by atoms with Gasteiger partial charge in [0.25, 0.3) is 0 Å². The summed E-state index contributed by atoms with van der Waals surface area (Å²) in [5, 5.41) is 0. The first-order valence-electron chi connectivity index (χ1n) is 12.4. The van der Waals surface area contributed by atoms with E-state index < -0.39 is 0 Å². The van der Waals surface area contributed by atoms with Crippen molar-refractivity contribution in [2.75, 3.05) is 13.7 Å². The van der Waals surface area contributed by atoms with Crippen LogP contribution in [-0.2, 0) is 48.3 Å². The van der Waals surface area contributed by atoms with Gasteiger partial charge in [-0.2, -0.15) is 0 Å². The van der Waals surface area contributed by atoms with Gasteiger partial charge in [0.2, 0.25) is 0 Å². The molecule has 0 aromatic heterocycles. The lowest BCUT2D eigenvalue weighted by atomic mass is 10.0. The van der Waals surface area contributed by atoms with Crippen molar-refractivity contribution in [3.05, 3.63) is 108 Å². The summed E-state index contributed by atoms with van der Waals surface area (Å²) in [6.07, 6.45) is -0.641. The summed E-state index contributed by atoms with van der Waals surface area (Å²) in [6, 6.07) is 30.1. The first-order chi connectivity index (χ1) is 17.7. The standard InChI is InChI=1S/C30H34O6/c1-32-28(31)18-17-26-29(34-20-24-13-7-3-8-14-24)30(35-21-25-15-9-4-10-16-25)27(36-26)22-33-19-23-11-5-2-6-12-23/h2-16,26-27,29-30H,17-22H2,1H3/t26-,27-,29+,30-/m1/s1. The zero-order valence-electron chi connectivity index (χ0n) is 20.7. The molecule has 6 nitrogen and oxygen atoms in total. The molecule has 36 heavy (non-hydrogen) atoms. The van der Waals surface area contributed by atoms with E-state index in [1.807, 2.05) is 91.0 Å². The van der Waals surface area contributed by atoms with E-state index in [0.29, 0.717) is 32.8 Å². The lowest BCUT2D eigenvalue weighted by Crippen LogP contribution is -2.39. The Balaban J connectivity index is 1.47. The van der Waals surface area contributed by atoms with Crippen LogP contribution in [0.4, 0.5) is 0 Å². The van der Waals surface area contributed by atoms with Crippen molar-refractivity contribution < 1.29 is 28.5 Å². The zero-order valence-corrected chi connectivity index (χ0v) is 20.7. The number of carbonyl (C=O) groups is 1. The minimum absolute atomic E-state index is 0.245. The van der Waals surface area contributed by atoms with Gasteiger partial charge in [-0.15, -0.1) is 0 Å². The Morgan fingerprint density at radius 2 is 1.17 bits per heavy atom. The third-order valence-electron chi connectivity index (χ3n) is 6.23. The Hall–Kier alpha value is -3.03. The zero-order chi connectivity index (χ0) is 25.0. The van der Waals surface area contributed by atoms with Crippen LogP contribution < -0.4 is 0 Å². The van der Waals surface area contributed by atoms with Gasteiger partial charge in [-0.3, -0.25) is 4.79 Å². The molecule has 4 rings (SSSR count). The van der Waals surface area contributed by atoms with Crippen molar-refractivity contribution in [2.45, 2.75) is 57.1 Å². The van der Waals surface area contributed by atoms with Crippen molar-refractivity contribution in [1.29, 1.82) is 0 Å². The molecule has 4 atom stereocenters. The molecule has 1 saturated heterocycles. The van der Waals surface area contributed by atoms with Gasteiger partial charge >= 0.3 is 5.97 Å². The van der Waals surface area contributed by atoms with Crippen molar-refractivity contribution in [2.24, 2.45) is 0 Å². The maximum absolute atomic E-state index is 11.9. The monoisotopic (exact) mass is 490 g/mol. The number of hydrogen-bond donors (Lipinski definition) is 0. The van der Waals surface area contributed by atoms with Gasteiger partial charge in [-0.1, -0.05) is 91.0 Å². The number of hydrogen-bond acceptors (Lipinski definition) is 6. The van der Waals surface area contributed by atoms with Crippen LogP contribution in [0.25, 0.3) is 0 Å². The number of carbonyl (C=O) groups excluding carboxylic acids is 1. The van der Waals surface area contributed by atoms with E-state index in [-0.39, 0.29) is 36.8 Å². The summed E-state index contributed by atoms with van der Waals surface area (Å²) < 4.78 is 30.1. The molecule has 0 amide bonds. The first-order valence-corrected chi connectivity index (χ1v) is 12.4. The van der Waals surface area contributed by atoms with E-state index in [1.165, 1.54) is 7.11 Å². The average Bonchev–Trinajstić information content (AvgIpc) is 3.27. The Bertz CT molecular complexity index is 1030. The topological polar surface area (TPSA) is 63.2 Å². The molecule has 0 saturated carbocycles. The second-order valence-electron chi connectivity index (χ2n) is 8.85. The summed E-state index contributed by atoms with van der Waals surface area (Å²) >= 11 is 0. The molecule has 6 heteroatoms. The highest BCUT2D eigenvalue weighted by atomic mass is 16.6. The number of esters is 1. The molecule has 1 heterocycles. The number of rotatable bonds is 13.